The molecule has 0 aliphatic carbocycles. The predicted octanol–water partition coefficient (Wildman–Crippen LogP) is 4.51. The van der Waals surface area contributed by atoms with Crippen molar-refractivity contribution in [3.05, 3.63) is 64.8 Å². The molecule has 0 spiro atoms. The SMILES string of the molecule is C[C@@H](C#N)CNC(=O)c1sc2cccc(F)c2c1COc1ccccc1. The average molecular weight is 368 g/mol. The molecule has 1 atom stereocenters. The van der Waals surface area contributed by atoms with Crippen LogP contribution in [-0.2, 0) is 6.61 Å². The average Bonchev–Trinajstić information content (AvgIpc) is 3.05. The van der Waals surface area contributed by atoms with Gasteiger partial charge in [0.15, 0.2) is 0 Å². The van der Waals surface area contributed by atoms with Gasteiger partial charge in [0, 0.05) is 22.2 Å². The number of hydrogen-bond acceptors (Lipinski definition) is 4. The number of nitriles is 1. The summed E-state index contributed by atoms with van der Waals surface area (Å²) in [5.41, 5.74) is 0.522. The van der Waals surface area contributed by atoms with E-state index in [0.29, 0.717) is 26.3 Å². The Bertz CT molecular complexity index is 963. The van der Waals surface area contributed by atoms with Crippen molar-refractivity contribution in [1.82, 2.24) is 5.32 Å². The molecule has 2 aromatic carbocycles. The maximum absolute atomic E-state index is 14.4. The molecule has 0 saturated heterocycles. The molecular formula is C20H17FN2O2S. The number of para-hydroxylation sites is 1. The summed E-state index contributed by atoms with van der Waals surface area (Å²) in [7, 11) is 0. The standard InChI is InChI=1S/C20H17FN2O2S/c1-13(10-22)11-23-20(24)19-15(12-25-14-6-3-2-4-7-14)18-16(21)8-5-9-17(18)26-19/h2-9,13H,11-12H2,1H3,(H,23,24)/t13-/m0/s1. The van der Waals surface area contributed by atoms with Crippen molar-refractivity contribution in [3.63, 3.8) is 0 Å². The molecule has 1 heterocycles. The first kappa shape index (κ1) is 17.9. The maximum Gasteiger partial charge on any atom is 0.261 e. The molecule has 1 amide bonds. The summed E-state index contributed by atoms with van der Waals surface area (Å²) in [5, 5.41) is 12.0. The molecule has 0 radical (unpaired) electrons. The van der Waals surface area contributed by atoms with Crippen molar-refractivity contribution in [1.29, 1.82) is 5.26 Å². The molecule has 0 aliphatic rings. The van der Waals surface area contributed by atoms with Crippen molar-refractivity contribution in [3.8, 4) is 11.8 Å². The zero-order chi connectivity index (χ0) is 18.5. The van der Waals surface area contributed by atoms with Crippen molar-refractivity contribution >= 4 is 27.3 Å². The van der Waals surface area contributed by atoms with E-state index in [9.17, 15) is 9.18 Å². The van der Waals surface area contributed by atoms with Gasteiger partial charge in [-0.2, -0.15) is 5.26 Å². The van der Waals surface area contributed by atoms with Crippen LogP contribution >= 0.6 is 11.3 Å². The Hall–Kier alpha value is -2.91. The van der Waals surface area contributed by atoms with Gasteiger partial charge in [0.25, 0.3) is 5.91 Å². The molecule has 1 N–H and O–H groups in total. The lowest BCUT2D eigenvalue weighted by molar-refractivity contribution is 0.0952. The highest BCUT2D eigenvalue weighted by atomic mass is 32.1. The van der Waals surface area contributed by atoms with Gasteiger partial charge < -0.3 is 10.1 Å². The summed E-state index contributed by atoms with van der Waals surface area (Å²) in [6.07, 6.45) is 0. The molecule has 3 rings (SSSR count). The third kappa shape index (κ3) is 3.84. The lowest BCUT2D eigenvalue weighted by atomic mass is 10.1. The summed E-state index contributed by atoms with van der Waals surface area (Å²) < 4.78 is 20.8. The van der Waals surface area contributed by atoms with Gasteiger partial charge in [-0.05, 0) is 31.2 Å². The van der Waals surface area contributed by atoms with Crippen LogP contribution in [0.1, 0.15) is 22.2 Å². The molecule has 3 aromatic rings. The number of thiophene rings is 1. The van der Waals surface area contributed by atoms with Crippen LogP contribution in [-0.4, -0.2) is 12.5 Å². The fraction of sp³-hybridized carbons (Fsp3) is 0.200. The molecule has 1 aromatic heterocycles. The third-order valence-electron chi connectivity index (χ3n) is 3.89. The van der Waals surface area contributed by atoms with E-state index in [1.54, 1.807) is 31.2 Å². The number of nitrogens with one attached hydrogen (secondary N) is 1. The van der Waals surface area contributed by atoms with Crippen LogP contribution in [0, 0.1) is 23.1 Å². The number of fused-ring (bicyclic) bond motifs is 1. The smallest absolute Gasteiger partial charge is 0.261 e. The molecule has 132 valence electrons. The normalized spacial score (nSPS) is 11.7. The van der Waals surface area contributed by atoms with Crippen LogP contribution in [0.4, 0.5) is 4.39 Å². The molecular weight excluding hydrogens is 351 g/mol. The number of halogens is 1. The fourth-order valence-corrected chi connectivity index (χ4v) is 3.67. The number of carbonyl (C=O) groups is 1. The van der Waals surface area contributed by atoms with E-state index in [4.69, 9.17) is 10.00 Å². The highest BCUT2D eigenvalue weighted by molar-refractivity contribution is 7.21. The number of benzene rings is 2. The largest absolute Gasteiger partial charge is 0.489 e. The van der Waals surface area contributed by atoms with E-state index in [-0.39, 0.29) is 30.8 Å². The highest BCUT2D eigenvalue weighted by Gasteiger charge is 2.21. The summed E-state index contributed by atoms with van der Waals surface area (Å²) in [4.78, 5) is 13.0. The van der Waals surface area contributed by atoms with Gasteiger partial charge in [-0.3, -0.25) is 4.79 Å². The first-order chi connectivity index (χ1) is 12.6. The molecule has 0 unspecified atom stereocenters. The summed E-state index contributed by atoms with van der Waals surface area (Å²) in [6, 6.07) is 16.0. The van der Waals surface area contributed by atoms with Crippen molar-refractivity contribution in [2.24, 2.45) is 5.92 Å². The van der Waals surface area contributed by atoms with Gasteiger partial charge >= 0.3 is 0 Å². The minimum Gasteiger partial charge on any atom is -0.489 e. The first-order valence-corrected chi connectivity index (χ1v) is 8.97. The van der Waals surface area contributed by atoms with E-state index < -0.39 is 0 Å². The number of ether oxygens (including phenoxy) is 1. The Balaban J connectivity index is 1.93. The Morgan fingerprint density at radius 1 is 1.27 bits per heavy atom. The van der Waals surface area contributed by atoms with Gasteiger partial charge in [-0.15, -0.1) is 11.3 Å². The highest BCUT2D eigenvalue weighted by Crippen LogP contribution is 2.34. The lowest BCUT2D eigenvalue weighted by Gasteiger charge is -2.09. The van der Waals surface area contributed by atoms with Crippen LogP contribution in [0.25, 0.3) is 10.1 Å². The lowest BCUT2D eigenvalue weighted by Crippen LogP contribution is -2.28. The van der Waals surface area contributed by atoms with E-state index in [1.807, 2.05) is 18.2 Å². The summed E-state index contributed by atoms with van der Waals surface area (Å²) >= 11 is 1.23. The van der Waals surface area contributed by atoms with Crippen molar-refractivity contribution < 1.29 is 13.9 Å². The number of hydrogen-bond donors (Lipinski definition) is 1. The number of nitrogens with zero attached hydrogens (tertiary/aromatic N) is 1. The van der Waals surface area contributed by atoms with Gasteiger partial charge in [0.2, 0.25) is 0 Å². The van der Waals surface area contributed by atoms with Crippen LogP contribution in [0.5, 0.6) is 5.75 Å². The maximum atomic E-state index is 14.4. The molecule has 4 nitrogen and oxygen atoms in total. The number of amides is 1. The fourth-order valence-electron chi connectivity index (χ4n) is 2.53. The Labute approximate surface area is 154 Å². The number of carbonyl (C=O) groups excluding carboxylic acids is 1. The Morgan fingerprint density at radius 3 is 2.77 bits per heavy atom. The number of rotatable bonds is 6. The third-order valence-corrected chi connectivity index (χ3v) is 5.08. The molecule has 0 saturated carbocycles. The molecule has 6 heteroatoms. The summed E-state index contributed by atoms with van der Waals surface area (Å²) in [5.74, 6) is -0.351. The van der Waals surface area contributed by atoms with E-state index in [0.717, 1.165) is 0 Å². The van der Waals surface area contributed by atoms with Crippen LogP contribution < -0.4 is 10.1 Å². The van der Waals surface area contributed by atoms with Gasteiger partial charge in [-0.1, -0.05) is 24.3 Å². The van der Waals surface area contributed by atoms with Gasteiger partial charge in [0.05, 0.1) is 16.9 Å². The molecule has 26 heavy (non-hydrogen) atoms. The van der Waals surface area contributed by atoms with Crippen molar-refractivity contribution in [2.45, 2.75) is 13.5 Å². The van der Waals surface area contributed by atoms with Gasteiger partial charge in [0.1, 0.15) is 18.2 Å². The van der Waals surface area contributed by atoms with Crippen LogP contribution in [0.3, 0.4) is 0 Å². The van der Waals surface area contributed by atoms with Crippen LogP contribution in [0.15, 0.2) is 48.5 Å². The zero-order valence-electron chi connectivity index (χ0n) is 14.2. The predicted molar refractivity (Wildman–Crippen MR) is 99.7 cm³/mol. The minimum absolute atomic E-state index is 0.0848. The monoisotopic (exact) mass is 368 g/mol. The topological polar surface area (TPSA) is 62.1 Å². The zero-order valence-corrected chi connectivity index (χ0v) is 15.0. The second kappa shape index (κ2) is 7.98. The second-order valence-corrected chi connectivity index (χ2v) is 6.92. The van der Waals surface area contributed by atoms with E-state index >= 15 is 0 Å². The Morgan fingerprint density at radius 2 is 2.04 bits per heavy atom. The first-order valence-electron chi connectivity index (χ1n) is 8.15. The van der Waals surface area contributed by atoms with Crippen molar-refractivity contribution in [2.75, 3.05) is 6.54 Å². The Kier molecular flexibility index (Phi) is 5.49. The van der Waals surface area contributed by atoms with E-state index in [2.05, 4.69) is 11.4 Å². The minimum atomic E-state index is -0.380. The summed E-state index contributed by atoms with van der Waals surface area (Å²) in [6.45, 7) is 2.05. The van der Waals surface area contributed by atoms with E-state index in [1.165, 1.54) is 17.4 Å². The van der Waals surface area contributed by atoms with Crippen LogP contribution in [0.2, 0.25) is 0 Å². The second-order valence-electron chi connectivity index (χ2n) is 5.86. The quantitative estimate of drug-likeness (QED) is 0.696. The molecule has 0 bridgehead atoms. The molecule has 0 fully saturated rings. The van der Waals surface area contributed by atoms with Gasteiger partial charge in [-0.25, -0.2) is 4.39 Å². The molecule has 0 aliphatic heterocycles.